The summed E-state index contributed by atoms with van der Waals surface area (Å²) in [4.78, 5) is 49.4. The van der Waals surface area contributed by atoms with Gasteiger partial charge in [0.2, 0.25) is 0 Å². The van der Waals surface area contributed by atoms with Crippen LogP contribution in [0.4, 0.5) is 10.6 Å². The van der Waals surface area contributed by atoms with Crippen molar-refractivity contribution in [3.05, 3.63) is 44.7 Å². The maximum absolute atomic E-state index is 13.6. The fraction of sp³-hybridized carbons (Fsp3) is 0.458. The summed E-state index contributed by atoms with van der Waals surface area (Å²) in [5.41, 5.74) is 1.52. The van der Waals surface area contributed by atoms with E-state index in [9.17, 15) is 14.4 Å². The van der Waals surface area contributed by atoms with Crippen molar-refractivity contribution in [2.45, 2.75) is 33.6 Å². The van der Waals surface area contributed by atoms with E-state index < -0.39 is 0 Å². The number of fused-ring (bicyclic) bond motifs is 1. The average Bonchev–Trinajstić information content (AvgIpc) is 3.12. The number of nitrogens with zero attached hydrogens (tertiary/aromatic N) is 5. The van der Waals surface area contributed by atoms with Crippen LogP contribution in [0.5, 0.6) is 0 Å². The first kappa shape index (κ1) is 25.2. The number of hydrogen-bond acceptors (Lipinski definition) is 8. The Morgan fingerprint density at radius 1 is 1.23 bits per heavy atom. The van der Waals surface area contributed by atoms with Gasteiger partial charge in [0.15, 0.2) is 0 Å². The van der Waals surface area contributed by atoms with E-state index in [4.69, 9.17) is 21.9 Å². The number of thioether (sulfide) groups is 1. The third-order valence-corrected chi connectivity index (χ3v) is 7.43. The Morgan fingerprint density at radius 2 is 1.97 bits per heavy atom. The van der Waals surface area contributed by atoms with E-state index in [0.29, 0.717) is 65.6 Å². The van der Waals surface area contributed by atoms with Crippen molar-refractivity contribution in [2.24, 2.45) is 0 Å². The highest BCUT2D eigenvalue weighted by Gasteiger charge is 2.33. The van der Waals surface area contributed by atoms with Gasteiger partial charge in [-0.05, 0) is 38.0 Å². The molecule has 11 heteroatoms. The van der Waals surface area contributed by atoms with Crippen LogP contribution in [0.25, 0.3) is 11.7 Å². The lowest BCUT2D eigenvalue weighted by atomic mass is 10.2. The summed E-state index contributed by atoms with van der Waals surface area (Å²) in [6, 6.07) is 3.71. The molecule has 2 aromatic rings. The number of anilines is 1. The number of aryl methyl sites for hydroxylation is 1. The van der Waals surface area contributed by atoms with Crippen LogP contribution in [-0.2, 0) is 9.53 Å². The van der Waals surface area contributed by atoms with Crippen LogP contribution in [0.15, 0.2) is 28.0 Å². The minimum absolute atomic E-state index is 0.180. The van der Waals surface area contributed by atoms with Crippen molar-refractivity contribution in [2.75, 3.05) is 44.2 Å². The van der Waals surface area contributed by atoms with Crippen LogP contribution in [0.2, 0.25) is 0 Å². The molecule has 0 spiro atoms. The lowest BCUT2D eigenvalue weighted by Crippen LogP contribution is -2.49. The lowest BCUT2D eigenvalue weighted by Gasteiger charge is -2.35. The summed E-state index contributed by atoms with van der Waals surface area (Å²) in [5, 5.41) is 0. The Bertz CT molecular complexity index is 1250. The zero-order chi connectivity index (χ0) is 25.1. The highest BCUT2D eigenvalue weighted by Crippen LogP contribution is 2.34. The van der Waals surface area contributed by atoms with Crippen molar-refractivity contribution in [1.82, 2.24) is 19.2 Å². The number of carbonyl (C=O) groups excluding carboxylic acids is 2. The predicted molar refractivity (Wildman–Crippen MR) is 142 cm³/mol. The number of hydrogen-bond donors (Lipinski definition) is 0. The second-order valence-corrected chi connectivity index (χ2v) is 10.1. The van der Waals surface area contributed by atoms with Gasteiger partial charge < -0.3 is 14.5 Å². The summed E-state index contributed by atoms with van der Waals surface area (Å²) in [5.74, 6) is 0.326. The summed E-state index contributed by atoms with van der Waals surface area (Å²) in [7, 11) is 0. The van der Waals surface area contributed by atoms with Crippen LogP contribution >= 0.6 is 24.0 Å². The van der Waals surface area contributed by atoms with Gasteiger partial charge in [0, 0.05) is 38.9 Å². The zero-order valence-corrected chi connectivity index (χ0v) is 21.8. The van der Waals surface area contributed by atoms with Crippen molar-refractivity contribution >= 4 is 57.8 Å². The Kier molecular flexibility index (Phi) is 7.75. The molecular formula is C24H29N5O4S2. The van der Waals surface area contributed by atoms with Gasteiger partial charge in [-0.2, -0.15) is 0 Å². The first-order valence-corrected chi connectivity index (χ1v) is 13.0. The van der Waals surface area contributed by atoms with E-state index in [1.807, 2.05) is 17.9 Å². The van der Waals surface area contributed by atoms with Crippen LogP contribution in [0.1, 0.15) is 37.8 Å². The second-order valence-electron chi connectivity index (χ2n) is 8.40. The first-order valence-electron chi connectivity index (χ1n) is 11.8. The molecule has 0 atom stereocenters. The molecule has 0 aromatic carbocycles. The molecule has 186 valence electrons. The number of carbonyl (C=O) groups is 2. The minimum atomic E-state index is -0.342. The van der Waals surface area contributed by atoms with Gasteiger partial charge in [-0.15, -0.1) is 0 Å². The molecule has 4 heterocycles. The molecule has 35 heavy (non-hydrogen) atoms. The third-order valence-electron chi connectivity index (χ3n) is 6.05. The first-order chi connectivity index (χ1) is 16.8. The molecule has 0 unspecified atom stereocenters. The summed E-state index contributed by atoms with van der Waals surface area (Å²) in [6.45, 7) is 8.51. The number of thiocarbonyl (C=S) groups is 1. The van der Waals surface area contributed by atoms with Crippen molar-refractivity contribution in [1.29, 1.82) is 0 Å². The van der Waals surface area contributed by atoms with E-state index in [1.165, 1.54) is 16.2 Å². The highest BCUT2D eigenvalue weighted by atomic mass is 32.2. The van der Waals surface area contributed by atoms with E-state index >= 15 is 0 Å². The molecule has 0 aliphatic carbocycles. The summed E-state index contributed by atoms with van der Waals surface area (Å²) < 4.78 is 7.13. The molecule has 2 aliphatic rings. The molecule has 2 fully saturated rings. The van der Waals surface area contributed by atoms with Gasteiger partial charge in [-0.1, -0.05) is 43.4 Å². The molecule has 2 amide bonds. The standard InChI is InChI=1S/C24H29N5O4S2/c1-4-6-9-29-22(31)18(35-24(29)34)15-17-20(25-19-16(3)8-7-10-28(19)21(17)30)26-11-13-27(14-12-26)23(32)33-5-2/h7-8,10,15H,4-6,9,11-14H2,1-3H3/b18-15-. The van der Waals surface area contributed by atoms with Crippen LogP contribution in [0.3, 0.4) is 0 Å². The highest BCUT2D eigenvalue weighted by molar-refractivity contribution is 8.26. The summed E-state index contributed by atoms with van der Waals surface area (Å²) >= 11 is 6.65. The smallest absolute Gasteiger partial charge is 0.409 e. The second kappa shape index (κ2) is 10.8. The number of rotatable bonds is 6. The van der Waals surface area contributed by atoms with Crippen molar-refractivity contribution < 1.29 is 14.3 Å². The number of pyridine rings is 1. The molecule has 2 saturated heterocycles. The molecule has 2 aromatic heterocycles. The normalized spacial score (nSPS) is 17.7. The molecule has 0 bridgehead atoms. The molecule has 4 rings (SSSR count). The Labute approximate surface area is 213 Å². The topological polar surface area (TPSA) is 87.5 Å². The average molecular weight is 516 g/mol. The third kappa shape index (κ3) is 5.06. The predicted octanol–water partition coefficient (Wildman–Crippen LogP) is 3.28. The van der Waals surface area contributed by atoms with Crippen molar-refractivity contribution in [3.8, 4) is 0 Å². The van der Waals surface area contributed by atoms with Gasteiger partial charge in [-0.3, -0.25) is 18.9 Å². The van der Waals surface area contributed by atoms with Gasteiger partial charge >= 0.3 is 6.09 Å². The lowest BCUT2D eigenvalue weighted by molar-refractivity contribution is -0.122. The molecular weight excluding hydrogens is 486 g/mol. The maximum Gasteiger partial charge on any atom is 0.409 e. The van der Waals surface area contributed by atoms with Gasteiger partial charge in [0.25, 0.3) is 11.5 Å². The Balaban J connectivity index is 1.74. The van der Waals surface area contributed by atoms with E-state index in [1.54, 1.807) is 35.1 Å². The SMILES string of the molecule is CCCCN1C(=O)/C(=C/c2c(N3CCN(C(=O)OCC)CC3)nc3c(C)cccn3c2=O)SC1=S. The van der Waals surface area contributed by atoms with E-state index in [0.717, 1.165) is 18.4 Å². The molecule has 0 N–H and O–H groups in total. The number of aromatic nitrogens is 2. The molecule has 0 saturated carbocycles. The minimum Gasteiger partial charge on any atom is -0.450 e. The van der Waals surface area contributed by atoms with Gasteiger partial charge in [0.1, 0.15) is 15.8 Å². The van der Waals surface area contributed by atoms with E-state index in [-0.39, 0.29) is 17.6 Å². The molecule has 0 radical (unpaired) electrons. The molecule has 2 aliphatic heterocycles. The molecule has 9 nitrogen and oxygen atoms in total. The van der Waals surface area contributed by atoms with Crippen molar-refractivity contribution in [3.63, 3.8) is 0 Å². The van der Waals surface area contributed by atoms with Gasteiger partial charge in [-0.25, -0.2) is 9.78 Å². The van der Waals surface area contributed by atoms with Crippen LogP contribution in [-0.4, -0.2) is 74.8 Å². The number of piperazine rings is 1. The zero-order valence-electron chi connectivity index (χ0n) is 20.2. The van der Waals surface area contributed by atoms with Crippen LogP contribution in [0, 0.1) is 6.92 Å². The fourth-order valence-electron chi connectivity index (χ4n) is 4.12. The van der Waals surface area contributed by atoms with E-state index in [2.05, 4.69) is 6.92 Å². The number of ether oxygens (including phenoxy) is 1. The number of amides is 2. The van der Waals surface area contributed by atoms with Crippen LogP contribution < -0.4 is 10.5 Å². The largest absolute Gasteiger partial charge is 0.450 e. The number of unbranched alkanes of at least 4 members (excludes halogenated alkanes) is 1. The maximum atomic E-state index is 13.6. The summed E-state index contributed by atoms with van der Waals surface area (Å²) in [6.07, 6.45) is 4.78. The Hall–Kier alpha value is -2.92. The Morgan fingerprint density at radius 3 is 2.66 bits per heavy atom. The van der Waals surface area contributed by atoms with Gasteiger partial charge in [0.05, 0.1) is 17.1 Å². The quantitative estimate of drug-likeness (QED) is 0.428. The fourth-order valence-corrected chi connectivity index (χ4v) is 5.41. The monoisotopic (exact) mass is 515 g/mol.